The largest absolute Gasteiger partial charge is 0.497 e. The molecular formula is C25H20N2O6S. The molecule has 0 aliphatic carbocycles. The van der Waals surface area contributed by atoms with Crippen molar-refractivity contribution < 1.29 is 28.0 Å². The Balaban J connectivity index is 1.68. The van der Waals surface area contributed by atoms with Crippen molar-refractivity contribution in [1.82, 2.24) is 9.45 Å². The Morgan fingerprint density at radius 2 is 1.74 bits per heavy atom. The van der Waals surface area contributed by atoms with E-state index in [1.807, 2.05) is 0 Å². The maximum atomic E-state index is 13.3. The maximum absolute atomic E-state index is 13.3. The molecule has 0 unspecified atom stereocenters. The highest BCUT2D eigenvalue weighted by Gasteiger charge is 2.20. The molecule has 1 heterocycles. The second-order valence-electron chi connectivity index (χ2n) is 7.33. The van der Waals surface area contributed by atoms with E-state index in [1.54, 1.807) is 60.7 Å². The number of carbonyl (C=O) groups excluding carboxylic acids is 2. The standard InChI is InChI=1S/C25H20N2O6S/c1-33-21-6-3-5-19(16-21)25(29)20-9-10-23-18(15-20)12-13-27(23)34(31,32)22-7-2-4-17(14-22)8-11-24(28)26-30/h2-16,30H,1H3,(H,26,28)/b11-8+. The number of hydrogen-bond acceptors (Lipinski definition) is 6. The van der Waals surface area contributed by atoms with Crippen molar-refractivity contribution in [3.63, 3.8) is 0 Å². The van der Waals surface area contributed by atoms with Crippen LogP contribution in [0.4, 0.5) is 0 Å². The Bertz CT molecular complexity index is 1540. The summed E-state index contributed by atoms with van der Waals surface area (Å²) in [4.78, 5) is 24.1. The van der Waals surface area contributed by atoms with Gasteiger partial charge in [0.25, 0.3) is 15.9 Å². The van der Waals surface area contributed by atoms with Crippen LogP contribution in [-0.4, -0.2) is 36.4 Å². The van der Waals surface area contributed by atoms with Gasteiger partial charge in [-0.1, -0.05) is 24.3 Å². The molecule has 0 atom stereocenters. The van der Waals surface area contributed by atoms with E-state index in [0.717, 1.165) is 10.0 Å². The van der Waals surface area contributed by atoms with Crippen LogP contribution in [0.1, 0.15) is 21.5 Å². The van der Waals surface area contributed by atoms with E-state index in [1.165, 1.54) is 37.0 Å². The highest BCUT2D eigenvalue weighted by Crippen LogP contribution is 2.25. The van der Waals surface area contributed by atoms with Gasteiger partial charge in [0, 0.05) is 28.8 Å². The number of methoxy groups -OCH3 is 1. The molecule has 34 heavy (non-hydrogen) atoms. The summed E-state index contributed by atoms with van der Waals surface area (Å²) in [5.41, 5.74) is 3.24. The van der Waals surface area contributed by atoms with Gasteiger partial charge in [0.2, 0.25) is 0 Å². The molecule has 1 aromatic heterocycles. The Morgan fingerprint density at radius 1 is 0.971 bits per heavy atom. The summed E-state index contributed by atoms with van der Waals surface area (Å²) in [6.07, 6.45) is 3.90. The van der Waals surface area contributed by atoms with E-state index in [2.05, 4.69) is 0 Å². The van der Waals surface area contributed by atoms with Crippen molar-refractivity contribution in [2.24, 2.45) is 0 Å². The molecular weight excluding hydrogens is 456 g/mol. The van der Waals surface area contributed by atoms with E-state index in [4.69, 9.17) is 9.94 Å². The van der Waals surface area contributed by atoms with Crippen molar-refractivity contribution in [3.05, 3.63) is 102 Å². The fourth-order valence-electron chi connectivity index (χ4n) is 3.50. The molecule has 4 rings (SSSR count). The minimum absolute atomic E-state index is 0.0214. The quantitative estimate of drug-likeness (QED) is 0.182. The number of ketones is 1. The molecule has 0 bridgehead atoms. The van der Waals surface area contributed by atoms with Crippen molar-refractivity contribution in [3.8, 4) is 5.75 Å². The second kappa shape index (κ2) is 9.34. The van der Waals surface area contributed by atoms with Gasteiger partial charge in [-0.15, -0.1) is 0 Å². The fraction of sp³-hybridized carbons (Fsp3) is 0.0400. The number of benzene rings is 3. The normalized spacial score (nSPS) is 11.6. The lowest BCUT2D eigenvalue weighted by Crippen LogP contribution is -2.14. The summed E-state index contributed by atoms with van der Waals surface area (Å²) >= 11 is 0. The van der Waals surface area contributed by atoms with Gasteiger partial charge in [0.05, 0.1) is 17.5 Å². The van der Waals surface area contributed by atoms with Gasteiger partial charge in [-0.2, -0.15) is 0 Å². The average Bonchev–Trinajstić information content (AvgIpc) is 3.31. The lowest BCUT2D eigenvalue weighted by atomic mass is 10.0. The predicted molar refractivity (Wildman–Crippen MR) is 126 cm³/mol. The van der Waals surface area contributed by atoms with E-state index in [-0.39, 0.29) is 10.7 Å². The third kappa shape index (κ3) is 4.47. The van der Waals surface area contributed by atoms with Crippen molar-refractivity contribution in [2.45, 2.75) is 4.90 Å². The minimum Gasteiger partial charge on any atom is -0.497 e. The van der Waals surface area contributed by atoms with Crippen LogP contribution in [-0.2, 0) is 14.8 Å². The van der Waals surface area contributed by atoms with Gasteiger partial charge in [-0.3, -0.25) is 14.8 Å². The summed E-state index contributed by atoms with van der Waals surface area (Å²) in [7, 11) is -2.43. The molecule has 0 radical (unpaired) electrons. The van der Waals surface area contributed by atoms with Crippen LogP contribution in [0.3, 0.4) is 0 Å². The molecule has 0 saturated carbocycles. The first kappa shape index (κ1) is 23.0. The Kier molecular flexibility index (Phi) is 6.31. The number of hydroxylamine groups is 1. The summed E-state index contributed by atoms with van der Waals surface area (Å²) in [6.45, 7) is 0. The van der Waals surface area contributed by atoms with Crippen molar-refractivity contribution >= 4 is 38.7 Å². The molecule has 1 amide bonds. The second-order valence-corrected chi connectivity index (χ2v) is 9.15. The molecule has 8 nitrogen and oxygen atoms in total. The van der Waals surface area contributed by atoms with Gasteiger partial charge in [-0.05, 0) is 60.2 Å². The monoisotopic (exact) mass is 476 g/mol. The lowest BCUT2D eigenvalue weighted by molar-refractivity contribution is -0.124. The van der Waals surface area contributed by atoms with Crippen LogP contribution in [0.5, 0.6) is 5.75 Å². The van der Waals surface area contributed by atoms with Crippen LogP contribution in [0.15, 0.2) is 90.0 Å². The first-order chi connectivity index (χ1) is 16.3. The van der Waals surface area contributed by atoms with Crippen LogP contribution in [0.2, 0.25) is 0 Å². The number of nitrogens with one attached hydrogen (secondary N) is 1. The third-order valence-electron chi connectivity index (χ3n) is 5.20. The lowest BCUT2D eigenvalue weighted by Gasteiger charge is -2.09. The van der Waals surface area contributed by atoms with E-state index >= 15 is 0 Å². The molecule has 0 saturated heterocycles. The number of nitrogens with zero attached hydrogens (tertiary/aromatic N) is 1. The predicted octanol–water partition coefficient (Wildman–Crippen LogP) is 3.64. The van der Waals surface area contributed by atoms with Gasteiger partial charge >= 0.3 is 0 Å². The number of ether oxygens (including phenoxy) is 1. The first-order valence-corrected chi connectivity index (χ1v) is 11.5. The average molecular weight is 477 g/mol. The van der Waals surface area contributed by atoms with Crippen LogP contribution >= 0.6 is 0 Å². The number of rotatable bonds is 7. The highest BCUT2D eigenvalue weighted by atomic mass is 32.2. The van der Waals surface area contributed by atoms with Gasteiger partial charge in [0.15, 0.2) is 5.78 Å². The zero-order valence-electron chi connectivity index (χ0n) is 18.0. The summed E-state index contributed by atoms with van der Waals surface area (Å²) in [5, 5.41) is 9.18. The third-order valence-corrected chi connectivity index (χ3v) is 6.89. The maximum Gasteiger partial charge on any atom is 0.268 e. The summed E-state index contributed by atoms with van der Waals surface area (Å²) < 4.78 is 32.9. The van der Waals surface area contributed by atoms with Crippen LogP contribution < -0.4 is 10.2 Å². The topological polar surface area (TPSA) is 115 Å². The zero-order chi connectivity index (χ0) is 24.3. The van der Waals surface area contributed by atoms with E-state index in [0.29, 0.717) is 33.3 Å². The summed E-state index contributed by atoms with van der Waals surface area (Å²) in [6, 6.07) is 19.3. The molecule has 9 heteroatoms. The minimum atomic E-state index is -3.95. The van der Waals surface area contributed by atoms with Gasteiger partial charge in [-0.25, -0.2) is 17.9 Å². The van der Waals surface area contributed by atoms with Gasteiger partial charge < -0.3 is 4.74 Å². The van der Waals surface area contributed by atoms with Crippen LogP contribution in [0, 0.1) is 0 Å². The van der Waals surface area contributed by atoms with Crippen LogP contribution in [0.25, 0.3) is 17.0 Å². The molecule has 0 aliphatic heterocycles. The number of aromatic nitrogens is 1. The molecule has 172 valence electrons. The number of amides is 1. The van der Waals surface area contributed by atoms with E-state index < -0.39 is 15.9 Å². The SMILES string of the molecule is COc1cccc(C(=O)c2ccc3c(ccn3S(=O)(=O)c3cccc(/C=C/C(=O)NO)c3)c2)c1. The Hall–Kier alpha value is -4.21. The molecule has 4 aromatic rings. The summed E-state index contributed by atoms with van der Waals surface area (Å²) in [5.74, 6) is -0.370. The zero-order valence-corrected chi connectivity index (χ0v) is 18.8. The Morgan fingerprint density at radius 3 is 2.50 bits per heavy atom. The molecule has 0 fully saturated rings. The fourth-order valence-corrected chi connectivity index (χ4v) is 4.91. The number of carbonyl (C=O) groups is 2. The van der Waals surface area contributed by atoms with Crippen molar-refractivity contribution in [1.29, 1.82) is 0 Å². The highest BCUT2D eigenvalue weighted by molar-refractivity contribution is 7.90. The van der Waals surface area contributed by atoms with Gasteiger partial charge in [0.1, 0.15) is 5.75 Å². The van der Waals surface area contributed by atoms with E-state index in [9.17, 15) is 18.0 Å². The molecule has 2 N–H and O–H groups in total. The molecule has 3 aromatic carbocycles. The number of hydrogen-bond donors (Lipinski definition) is 2. The molecule has 0 aliphatic rings. The Labute approximate surface area is 195 Å². The molecule has 0 spiro atoms. The first-order valence-electron chi connectivity index (χ1n) is 10.1. The van der Waals surface area contributed by atoms with Crippen molar-refractivity contribution in [2.75, 3.05) is 7.11 Å². The number of fused-ring (bicyclic) bond motifs is 1. The smallest absolute Gasteiger partial charge is 0.268 e.